The maximum Gasteiger partial charge on any atom is 0.414 e. The van der Waals surface area contributed by atoms with Crippen LogP contribution in [0, 0.1) is 5.82 Å². The van der Waals surface area contributed by atoms with E-state index < -0.39 is 17.9 Å². The standard InChI is InChI=1S/C12H14FNO4/c1-17-11(15)7-8-14(12(16)18-2)10-5-3-9(13)4-6-10/h3-6H,7-8H2,1-2H3. The van der Waals surface area contributed by atoms with E-state index in [1.165, 1.54) is 43.4 Å². The molecule has 0 spiro atoms. The maximum absolute atomic E-state index is 12.8. The summed E-state index contributed by atoms with van der Waals surface area (Å²) in [6.45, 7) is 0.102. The first kappa shape index (κ1) is 14.0. The molecule has 0 radical (unpaired) electrons. The van der Waals surface area contributed by atoms with Crippen LogP contribution in [0.25, 0.3) is 0 Å². The van der Waals surface area contributed by atoms with Crippen LogP contribution in [0.15, 0.2) is 24.3 Å². The van der Waals surface area contributed by atoms with Crippen molar-refractivity contribution in [1.29, 1.82) is 0 Å². The summed E-state index contributed by atoms with van der Waals surface area (Å²) >= 11 is 0. The zero-order chi connectivity index (χ0) is 13.5. The van der Waals surface area contributed by atoms with Gasteiger partial charge >= 0.3 is 12.1 Å². The smallest absolute Gasteiger partial charge is 0.414 e. The van der Waals surface area contributed by atoms with Gasteiger partial charge in [0.15, 0.2) is 0 Å². The second-order valence-electron chi connectivity index (χ2n) is 3.42. The number of rotatable bonds is 4. The molecule has 0 N–H and O–H groups in total. The predicted molar refractivity (Wildman–Crippen MR) is 62.8 cm³/mol. The molecule has 18 heavy (non-hydrogen) atoms. The fourth-order valence-electron chi connectivity index (χ4n) is 1.36. The largest absolute Gasteiger partial charge is 0.469 e. The average molecular weight is 255 g/mol. The van der Waals surface area contributed by atoms with Crippen molar-refractivity contribution in [3.8, 4) is 0 Å². The van der Waals surface area contributed by atoms with E-state index >= 15 is 0 Å². The number of hydrogen-bond donors (Lipinski definition) is 0. The quantitative estimate of drug-likeness (QED) is 0.772. The van der Waals surface area contributed by atoms with E-state index in [0.717, 1.165) is 0 Å². The molecule has 0 saturated carbocycles. The monoisotopic (exact) mass is 255 g/mol. The van der Waals surface area contributed by atoms with Gasteiger partial charge < -0.3 is 9.47 Å². The third-order valence-electron chi connectivity index (χ3n) is 2.30. The van der Waals surface area contributed by atoms with Gasteiger partial charge in [-0.1, -0.05) is 0 Å². The molecular formula is C12H14FNO4. The lowest BCUT2D eigenvalue weighted by atomic mass is 10.2. The summed E-state index contributed by atoms with van der Waals surface area (Å²) in [4.78, 5) is 23.8. The molecule has 1 aromatic rings. The summed E-state index contributed by atoms with van der Waals surface area (Å²) < 4.78 is 21.9. The number of benzene rings is 1. The van der Waals surface area contributed by atoms with Crippen molar-refractivity contribution in [2.24, 2.45) is 0 Å². The SMILES string of the molecule is COC(=O)CCN(C(=O)OC)c1ccc(F)cc1. The molecule has 0 aromatic heterocycles. The molecule has 0 saturated heterocycles. The number of anilines is 1. The van der Waals surface area contributed by atoms with Crippen molar-refractivity contribution >= 4 is 17.7 Å². The predicted octanol–water partition coefficient (Wildman–Crippen LogP) is 1.96. The zero-order valence-electron chi connectivity index (χ0n) is 10.2. The average Bonchev–Trinajstić information content (AvgIpc) is 2.40. The molecule has 0 fully saturated rings. The number of hydrogen-bond acceptors (Lipinski definition) is 4. The van der Waals surface area contributed by atoms with Gasteiger partial charge in [-0.15, -0.1) is 0 Å². The molecule has 0 atom stereocenters. The molecule has 0 aliphatic carbocycles. The Labute approximate surface area is 104 Å². The fraction of sp³-hybridized carbons (Fsp3) is 0.333. The van der Waals surface area contributed by atoms with Crippen LogP contribution in [0.3, 0.4) is 0 Å². The number of nitrogens with zero attached hydrogens (tertiary/aromatic N) is 1. The van der Waals surface area contributed by atoms with E-state index in [0.29, 0.717) is 5.69 Å². The summed E-state index contributed by atoms with van der Waals surface area (Å²) in [5.74, 6) is -0.845. The second-order valence-corrected chi connectivity index (χ2v) is 3.42. The number of methoxy groups -OCH3 is 2. The van der Waals surface area contributed by atoms with Crippen LogP contribution in [0.4, 0.5) is 14.9 Å². The number of carbonyl (C=O) groups is 2. The Balaban J connectivity index is 2.81. The Morgan fingerprint density at radius 1 is 1.17 bits per heavy atom. The van der Waals surface area contributed by atoms with Crippen LogP contribution in [0.5, 0.6) is 0 Å². The summed E-state index contributed by atoms with van der Waals surface area (Å²) in [6.07, 6.45) is -0.589. The fourth-order valence-corrected chi connectivity index (χ4v) is 1.36. The lowest BCUT2D eigenvalue weighted by molar-refractivity contribution is -0.140. The normalized spacial score (nSPS) is 9.72. The number of carbonyl (C=O) groups excluding carboxylic acids is 2. The van der Waals surface area contributed by atoms with Crippen LogP contribution in [-0.2, 0) is 14.3 Å². The van der Waals surface area contributed by atoms with Crippen LogP contribution in [0.1, 0.15) is 6.42 Å². The van der Waals surface area contributed by atoms with Gasteiger partial charge in [0, 0.05) is 12.2 Å². The number of amides is 1. The van der Waals surface area contributed by atoms with Gasteiger partial charge in [-0.3, -0.25) is 9.69 Å². The highest BCUT2D eigenvalue weighted by atomic mass is 19.1. The van der Waals surface area contributed by atoms with Crippen LogP contribution >= 0.6 is 0 Å². The molecule has 0 aliphatic rings. The van der Waals surface area contributed by atoms with E-state index in [4.69, 9.17) is 0 Å². The van der Waals surface area contributed by atoms with Crippen molar-refractivity contribution in [3.05, 3.63) is 30.1 Å². The number of halogens is 1. The van der Waals surface area contributed by atoms with Gasteiger partial charge in [0.2, 0.25) is 0 Å². The van der Waals surface area contributed by atoms with Crippen LogP contribution in [0.2, 0.25) is 0 Å². The van der Waals surface area contributed by atoms with Crippen molar-refractivity contribution in [2.45, 2.75) is 6.42 Å². The third-order valence-corrected chi connectivity index (χ3v) is 2.30. The van der Waals surface area contributed by atoms with Crippen LogP contribution < -0.4 is 4.90 Å². The highest BCUT2D eigenvalue weighted by Crippen LogP contribution is 2.16. The topological polar surface area (TPSA) is 55.8 Å². The van der Waals surface area contributed by atoms with E-state index in [1.54, 1.807) is 0 Å². The second kappa shape index (κ2) is 6.58. The summed E-state index contributed by atoms with van der Waals surface area (Å²) in [6, 6.07) is 5.32. The molecule has 98 valence electrons. The van der Waals surface area contributed by atoms with Gasteiger partial charge in [0.1, 0.15) is 5.82 Å². The van der Waals surface area contributed by atoms with Crippen molar-refractivity contribution in [3.63, 3.8) is 0 Å². The maximum atomic E-state index is 12.8. The lowest BCUT2D eigenvalue weighted by Gasteiger charge is -2.20. The molecule has 1 rings (SSSR count). The van der Waals surface area contributed by atoms with Gasteiger partial charge in [-0.2, -0.15) is 0 Å². The molecule has 1 aromatic carbocycles. The number of esters is 1. The van der Waals surface area contributed by atoms with E-state index in [1.807, 2.05) is 0 Å². The van der Waals surface area contributed by atoms with Crippen molar-refractivity contribution in [1.82, 2.24) is 0 Å². The van der Waals surface area contributed by atoms with E-state index in [2.05, 4.69) is 9.47 Å². The minimum atomic E-state index is -0.620. The van der Waals surface area contributed by atoms with Gasteiger partial charge in [0.05, 0.1) is 20.6 Å². The minimum Gasteiger partial charge on any atom is -0.469 e. The molecule has 0 aliphatic heterocycles. The van der Waals surface area contributed by atoms with Gasteiger partial charge in [-0.25, -0.2) is 9.18 Å². The Hall–Kier alpha value is -2.11. The summed E-state index contributed by atoms with van der Waals surface area (Å²) in [7, 11) is 2.50. The number of ether oxygens (including phenoxy) is 2. The highest BCUT2D eigenvalue weighted by Gasteiger charge is 2.17. The molecule has 6 heteroatoms. The zero-order valence-corrected chi connectivity index (χ0v) is 10.2. The van der Waals surface area contributed by atoms with Gasteiger partial charge in [-0.05, 0) is 24.3 Å². The van der Waals surface area contributed by atoms with Crippen LogP contribution in [-0.4, -0.2) is 32.8 Å². The summed E-state index contributed by atoms with van der Waals surface area (Å²) in [5.41, 5.74) is 0.451. The molecular weight excluding hydrogens is 241 g/mol. The Morgan fingerprint density at radius 3 is 2.28 bits per heavy atom. The van der Waals surface area contributed by atoms with E-state index in [-0.39, 0.29) is 13.0 Å². The first-order valence-corrected chi connectivity index (χ1v) is 5.26. The van der Waals surface area contributed by atoms with Crippen molar-refractivity contribution in [2.75, 3.05) is 25.7 Å². The molecule has 5 nitrogen and oxygen atoms in total. The molecule has 0 bridgehead atoms. The van der Waals surface area contributed by atoms with Gasteiger partial charge in [0.25, 0.3) is 0 Å². The van der Waals surface area contributed by atoms with Crippen molar-refractivity contribution < 1.29 is 23.5 Å². The highest BCUT2D eigenvalue weighted by molar-refractivity contribution is 5.88. The Bertz CT molecular complexity index is 419. The van der Waals surface area contributed by atoms with E-state index in [9.17, 15) is 14.0 Å². The molecule has 0 heterocycles. The summed E-state index contributed by atoms with van der Waals surface area (Å²) in [5, 5.41) is 0. The first-order valence-electron chi connectivity index (χ1n) is 5.26. The minimum absolute atomic E-state index is 0.0307. The first-order chi connectivity index (χ1) is 8.58. The third kappa shape index (κ3) is 3.73. The molecule has 0 unspecified atom stereocenters. The lowest BCUT2D eigenvalue weighted by Crippen LogP contribution is -2.33. The molecule has 1 amide bonds. The Kier molecular flexibility index (Phi) is 5.10. The Morgan fingerprint density at radius 2 is 1.78 bits per heavy atom.